The van der Waals surface area contributed by atoms with Crippen LogP contribution < -0.4 is 0 Å². The summed E-state index contributed by atoms with van der Waals surface area (Å²) in [5.74, 6) is 0. The number of alkyl halides is 3. The fourth-order valence-electron chi connectivity index (χ4n) is 0.839. The van der Waals surface area contributed by atoms with Gasteiger partial charge in [-0.15, -0.1) is 0 Å². The van der Waals surface area contributed by atoms with Gasteiger partial charge in [-0.3, -0.25) is 0 Å². The molecule has 0 aliphatic heterocycles. The first-order chi connectivity index (χ1) is 5.99. The zero-order valence-electron chi connectivity index (χ0n) is 7.73. The lowest BCUT2D eigenvalue weighted by Crippen LogP contribution is -2.07. The minimum atomic E-state index is -4.13. The van der Waals surface area contributed by atoms with Crippen LogP contribution in [0.2, 0.25) is 0 Å². The largest absolute Gasteiger partial charge is 0.393 e. The van der Waals surface area contributed by atoms with E-state index in [4.69, 9.17) is 0 Å². The summed E-state index contributed by atoms with van der Waals surface area (Å²) in [5, 5.41) is 0. The first kappa shape index (κ1) is 12.0. The van der Waals surface area contributed by atoms with Crippen LogP contribution in [0.15, 0.2) is 36.0 Å². The zero-order valence-corrected chi connectivity index (χ0v) is 7.73. The van der Waals surface area contributed by atoms with Gasteiger partial charge in [-0.05, 0) is 19.4 Å². The van der Waals surface area contributed by atoms with Gasteiger partial charge in [0.2, 0.25) is 0 Å². The van der Waals surface area contributed by atoms with Gasteiger partial charge in [0.1, 0.15) is 0 Å². The van der Waals surface area contributed by atoms with Crippen molar-refractivity contribution in [1.82, 2.24) is 0 Å². The van der Waals surface area contributed by atoms with E-state index in [9.17, 15) is 13.2 Å². The maximum atomic E-state index is 12.0. The second-order valence-electron chi connectivity index (χ2n) is 2.56. The fraction of sp³-hybridized carbons (Fsp3) is 0.400. The average Bonchev–Trinajstić information content (AvgIpc) is 1.98. The molecule has 0 spiro atoms. The smallest absolute Gasteiger partial charge is 0.171 e. The lowest BCUT2D eigenvalue weighted by atomic mass is 10.1. The molecule has 0 fully saturated rings. The Bertz CT molecular complexity index is 219. The van der Waals surface area contributed by atoms with E-state index in [-0.39, 0.29) is 5.57 Å². The molecule has 74 valence electrons. The van der Waals surface area contributed by atoms with Crippen LogP contribution in [0.3, 0.4) is 0 Å². The first-order valence-corrected chi connectivity index (χ1v) is 4.01. The molecule has 0 aromatic rings. The number of hydrogen-bond acceptors (Lipinski definition) is 0. The summed E-state index contributed by atoms with van der Waals surface area (Å²) >= 11 is 0. The third kappa shape index (κ3) is 7.37. The summed E-state index contributed by atoms with van der Waals surface area (Å²) < 4.78 is 35.9. The summed E-state index contributed by atoms with van der Waals surface area (Å²) in [5.41, 5.74) is 0.271. The number of halogens is 3. The van der Waals surface area contributed by atoms with E-state index in [1.165, 1.54) is 12.2 Å². The van der Waals surface area contributed by atoms with E-state index in [0.717, 1.165) is 0 Å². The van der Waals surface area contributed by atoms with Gasteiger partial charge in [0.05, 0.1) is 6.42 Å². The minimum Gasteiger partial charge on any atom is -0.171 e. The van der Waals surface area contributed by atoms with Crippen molar-refractivity contribution in [3.05, 3.63) is 36.0 Å². The average molecular weight is 190 g/mol. The van der Waals surface area contributed by atoms with Crippen LogP contribution in [0.1, 0.15) is 20.3 Å². The second-order valence-corrected chi connectivity index (χ2v) is 2.56. The SMILES string of the molecule is C\C=C/C=C(\C=C\C)CC(F)(F)F. The second kappa shape index (κ2) is 5.62. The molecule has 0 aromatic carbocycles. The van der Waals surface area contributed by atoms with Crippen LogP contribution in [0, 0.1) is 0 Å². The summed E-state index contributed by atoms with van der Waals surface area (Å²) in [7, 11) is 0. The van der Waals surface area contributed by atoms with Gasteiger partial charge in [-0.1, -0.05) is 30.4 Å². The zero-order chi connectivity index (χ0) is 10.3. The third-order valence-corrected chi connectivity index (χ3v) is 1.29. The number of hydrogen-bond donors (Lipinski definition) is 0. The fourth-order valence-corrected chi connectivity index (χ4v) is 0.839. The molecule has 3 heteroatoms. The summed E-state index contributed by atoms with van der Waals surface area (Å²) in [6.45, 7) is 3.46. The van der Waals surface area contributed by atoms with Crippen molar-refractivity contribution in [3.63, 3.8) is 0 Å². The number of rotatable bonds is 3. The predicted octanol–water partition coefficient (Wildman–Crippen LogP) is 4.02. The minimum absolute atomic E-state index is 0.271. The predicted molar refractivity (Wildman–Crippen MR) is 48.4 cm³/mol. The Kier molecular flexibility index (Phi) is 5.19. The highest BCUT2D eigenvalue weighted by Crippen LogP contribution is 2.25. The Balaban J connectivity index is 4.44. The van der Waals surface area contributed by atoms with Crippen LogP contribution in [0.25, 0.3) is 0 Å². The molecule has 0 heterocycles. The monoisotopic (exact) mass is 190 g/mol. The standard InChI is InChI=1S/C10H13F3/c1-3-5-7-9(6-4-2)8-10(11,12)13/h3-7H,8H2,1-2H3/b5-3-,6-4+,9-7+. The Hall–Kier alpha value is -0.990. The lowest BCUT2D eigenvalue weighted by Gasteiger charge is -2.05. The molecule has 0 rings (SSSR count). The third-order valence-electron chi connectivity index (χ3n) is 1.29. The van der Waals surface area contributed by atoms with Gasteiger partial charge in [0.15, 0.2) is 0 Å². The molecule has 0 N–H and O–H groups in total. The van der Waals surface area contributed by atoms with Crippen molar-refractivity contribution in [2.45, 2.75) is 26.4 Å². The van der Waals surface area contributed by atoms with Gasteiger partial charge in [0, 0.05) is 0 Å². The molecule has 0 unspecified atom stereocenters. The Labute approximate surface area is 76.5 Å². The summed E-state index contributed by atoms with van der Waals surface area (Å²) in [6.07, 6.45) is 2.82. The highest BCUT2D eigenvalue weighted by Gasteiger charge is 2.27. The van der Waals surface area contributed by atoms with Crippen molar-refractivity contribution in [2.75, 3.05) is 0 Å². The topological polar surface area (TPSA) is 0 Å². The first-order valence-electron chi connectivity index (χ1n) is 4.01. The molecule has 0 aliphatic rings. The summed E-state index contributed by atoms with van der Waals surface area (Å²) in [4.78, 5) is 0. The highest BCUT2D eigenvalue weighted by atomic mass is 19.4. The molecule has 0 aliphatic carbocycles. The molecule has 0 aromatic heterocycles. The van der Waals surface area contributed by atoms with Crippen molar-refractivity contribution in [2.24, 2.45) is 0 Å². The molecule has 0 saturated heterocycles. The molecule has 0 saturated carbocycles. The maximum absolute atomic E-state index is 12.0. The van der Waals surface area contributed by atoms with Gasteiger partial charge >= 0.3 is 6.18 Å². The van der Waals surface area contributed by atoms with Crippen LogP contribution in [-0.4, -0.2) is 6.18 Å². The van der Waals surface area contributed by atoms with E-state index in [1.54, 1.807) is 32.1 Å². The van der Waals surface area contributed by atoms with Gasteiger partial charge in [-0.2, -0.15) is 13.2 Å². The Morgan fingerprint density at radius 2 is 1.77 bits per heavy atom. The summed E-state index contributed by atoms with van der Waals surface area (Å²) in [6, 6.07) is 0. The molecule has 0 bridgehead atoms. The highest BCUT2D eigenvalue weighted by molar-refractivity contribution is 5.24. The van der Waals surface area contributed by atoms with Crippen LogP contribution in [-0.2, 0) is 0 Å². The molecule has 0 amide bonds. The molecular formula is C10H13F3. The molecular weight excluding hydrogens is 177 g/mol. The quantitative estimate of drug-likeness (QED) is 0.589. The van der Waals surface area contributed by atoms with Crippen LogP contribution in [0.4, 0.5) is 13.2 Å². The van der Waals surface area contributed by atoms with E-state index >= 15 is 0 Å². The van der Waals surface area contributed by atoms with Crippen LogP contribution >= 0.6 is 0 Å². The normalized spacial score (nSPS) is 14.7. The van der Waals surface area contributed by atoms with Crippen LogP contribution in [0.5, 0.6) is 0 Å². The van der Waals surface area contributed by atoms with Gasteiger partial charge < -0.3 is 0 Å². The molecule has 0 radical (unpaired) electrons. The van der Waals surface area contributed by atoms with Gasteiger partial charge in [0.25, 0.3) is 0 Å². The van der Waals surface area contributed by atoms with E-state index < -0.39 is 12.6 Å². The van der Waals surface area contributed by atoms with E-state index in [1.807, 2.05) is 0 Å². The van der Waals surface area contributed by atoms with E-state index in [2.05, 4.69) is 0 Å². The maximum Gasteiger partial charge on any atom is 0.393 e. The Morgan fingerprint density at radius 1 is 1.15 bits per heavy atom. The van der Waals surface area contributed by atoms with Crippen molar-refractivity contribution >= 4 is 0 Å². The van der Waals surface area contributed by atoms with Crippen molar-refractivity contribution < 1.29 is 13.2 Å². The Morgan fingerprint density at radius 3 is 2.15 bits per heavy atom. The number of allylic oxidation sites excluding steroid dienone is 6. The molecule has 13 heavy (non-hydrogen) atoms. The van der Waals surface area contributed by atoms with Gasteiger partial charge in [-0.25, -0.2) is 0 Å². The van der Waals surface area contributed by atoms with E-state index in [0.29, 0.717) is 0 Å². The van der Waals surface area contributed by atoms with Crippen molar-refractivity contribution in [1.29, 1.82) is 0 Å². The van der Waals surface area contributed by atoms with Crippen molar-refractivity contribution in [3.8, 4) is 0 Å². The lowest BCUT2D eigenvalue weighted by molar-refractivity contribution is -0.126. The molecule has 0 nitrogen and oxygen atoms in total. The molecule has 0 atom stereocenters.